The highest BCUT2D eigenvalue weighted by molar-refractivity contribution is 5.94. The number of nitrogens with zero attached hydrogens (tertiary/aromatic N) is 3. The molecule has 20 heavy (non-hydrogen) atoms. The highest BCUT2D eigenvalue weighted by atomic mass is 16.5. The van der Waals surface area contributed by atoms with Gasteiger partial charge in [-0.15, -0.1) is 0 Å². The number of ether oxygens (including phenoxy) is 1. The van der Waals surface area contributed by atoms with Gasteiger partial charge in [0.2, 0.25) is 5.88 Å². The molecule has 0 bridgehead atoms. The molecule has 0 saturated heterocycles. The van der Waals surface area contributed by atoms with E-state index in [1.807, 2.05) is 24.4 Å². The summed E-state index contributed by atoms with van der Waals surface area (Å²) in [6.45, 7) is 4.25. The van der Waals surface area contributed by atoms with Crippen LogP contribution in [0.5, 0.6) is 5.88 Å². The number of hydrogen-bond donors (Lipinski definition) is 1. The van der Waals surface area contributed by atoms with E-state index in [-0.39, 0.29) is 0 Å². The molecule has 0 unspecified atom stereocenters. The third kappa shape index (κ3) is 2.01. The van der Waals surface area contributed by atoms with Crippen LogP contribution in [0.4, 0.5) is 0 Å². The summed E-state index contributed by atoms with van der Waals surface area (Å²) in [5, 5.41) is 8.44. The number of hydrogen-bond acceptors (Lipinski definition) is 4. The molecule has 1 N–H and O–H groups in total. The first-order valence-electron chi connectivity index (χ1n) is 6.54. The van der Waals surface area contributed by atoms with Crippen molar-refractivity contribution in [1.82, 2.24) is 20.2 Å². The van der Waals surface area contributed by atoms with Crippen LogP contribution >= 0.6 is 0 Å². The summed E-state index contributed by atoms with van der Waals surface area (Å²) in [4.78, 5) is 8.61. The van der Waals surface area contributed by atoms with E-state index >= 15 is 0 Å². The molecule has 3 rings (SSSR count). The fourth-order valence-electron chi connectivity index (χ4n) is 2.29. The van der Waals surface area contributed by atoms with Gasteiger partial charge in [0.25, 0.3) is 0 Å². The Morgan fingerprint density at radius 2 is 2.00 bits per heavy atom. The Balaban J connectivity index is 2.21. The lowest BCUT2D eigenvalue weighted by Crippen LogP contribution is -1.91. The maximum absolute atomic E-state index is 5.10. The number of pyridine rings is 2. The molecule has 0 aliphatic rings. The second-order valence-corrected chi connectivity index (χ2v) is 4.93. The zero-order chi connectivity index (χ0) is 14.1. The molecule has 5 nitrogen and oxygen atoms in total. The van der Waals surface area contributed by atoms with Crippen LogP contribution in [0, 0.1) is 0 Å². The third-order valence-corrected chi connectivity index (χ3v) is 3.29. The monoisotopic (exact) mass is 268 g/mol. The number of aromatic amines is 1. The van der Waals surface area contributed by atoms with Crippen molar-refractivity contribution in [2.75, 3.05) is 7.11 Å². The van der Waals surface area contributed by atoms with Gasteiger partial charge in [-0.1, -0.05) is 13.8 Å². The van der Waals surface area contributed by atoms with Crippen molar-refractivity contribution in [3.05, 3.63) is 36.3 Å². The Morgan fingerprint density at radius 3 is 2.65 bits per heavy atom. The number of fused-ring (bicyclic) bond motifs is 1. The highest BCUT2D eigenvalue weighted by Gasteiger charge is 2.15. The zero-order valence-electron chi connectivity index (χ0n) is 11.7. The molecule has 0 amide bonds. The molecule has 0 saturated carbocycles. The molecule has 3 heterocycles. The number of rotatable bonds is 3. The van der Waals surface area contributed by atoms with Gasteiger partial charge in [0.15, 0.2) is 5.65 Å². The molecule has 0 aromatic carbocycles. The Morgan fingerprint density at radius 1 is 1.15 bits per heavy atom. The van der Waals surface area contributed by atoms with E-state index in [0.717, 1.165) is 27.9 Å². The van der Waals surface area contributed by atoms with Gasteiger partial charge in [0.05, 0.1) is 18.2 Å². The molecular weight excluding hydrogens is 252 g/mol. The lowest BCUT2D eigenvalue weighted by molar-refractivity contribution is 0.398. The van der Waals surface area contributed by atoms with Crippen molar-refractivity contribution < 1.29 is 4.74 Å². The Labute approximate surface area is 117 Å². The Bertz CT molecular complexity index is 731. The van der Waals surface area contributed by atoms with Gasteiger partial charge >= 0.3 is 0 Å². The minimum atomic E-state index is 0.331. The van der Waals surface area contributed by atoms with E-state index in [0.29, 0.717) is 11.8 Å². The number of aromatic nitrogens is 4. The Hall–Kier alpha value is -2.43. The van der Waals surface area contributed by atoms with Crippen LogP contribution in [0.3, 0.4) is 0 Å². The molecule has 3 aromatic rings. The van der Waals surface area contributed by atoms with Crippen LogP contribution in [0.2, 0.25) is 0 Å². The van der Waals surface area contributed by atoms with Crippen molar-refractivity contribution in [1.29, 1.82) is 0 Å². The second-order valence-electron chi connectivity index (χ2n) is 4.93. The van der Waals surface area contributed by atoms with E-state index in [9.17, 15) is 0 Å². The van der Waals surface area contributed by atoms with Crippen LogP contribution < -0.4 is 4.74 Å². The van der Waals surface area contributed by atoms with Gasteiger partial charge in [-0.25, -0.2) is 9.97 Å². The van der Waals surface area contributed by atoms with E-state index in [1.165, 1.54) is 0 Å². The summed E-state index contributed by atoms with van der Waals surface area (Å²) < 4.78 is 5.10. The maximum atomic E-state index is 5.10. The summed E-state index contributed by atoms with van der Waals surface area (Å²) in [5.41, 5.74) is 3.95. The third-order valence-electron chi connectivity index (χ3n) is 3.29. The van der Waals surface area contributed by atoms with E-state index in [2.05, 4.69) is 34.0 Å². The van der Waals surface area contributed by atoms with Crippen molar-refractivity contribution in [3.63, 3.8) is 0 Å². The lowest BCUT2D eigenvalue weighted by Gasteiger charge is -2.07. The molecule has 0 aliphatic heterocycles. The molecule has 0 atom stereocenters. The van der Waals surface area contributed by atoms with Crippen molar-refractivity contribution in [3.8, 4) is 17.0 Å². The molecule has 0 radical (unpaired) electrons. The summed E-state index contributed by atoms with van der Waals surface area (Å²) in [6, 6.07) is 5.85. The van der Waals surface area contributed by atoms with E-state index in [1.54, 1.807) is 13.3 Å². The highest BCUT2D eigenvalue weighted by Crippen LogP contribution is 2.31. The van der Waals surface area contributed by atoms with Crippen molar-refractivity contribution in [2.24, 2.45) is 0 Å². The quantitative estimate of drug-likeness (QED) is 0.792. The fraction of sp³-hybridized carbons (Fsp3) is 0.267. The van der Waals surface area contributed by atoms with Crippen LogP contribution in [-0.4, -0.2) is 27.3 Å². The lowest BCUT2D eigenvalue weighted by atomic mass is 10.00. The van der Waals surface area contributed by atoms with Gasteiger partial charge in [-0.2, -0.15) is 5.10 Å². The van der Waals surface area contributed by atoms with Crippen LogP contribution in [-0.2, 0) is 0 Å². The summed E-state index contributed by atoms with van der Waals surface area (Å²) in [5.74, 6) is 0.938. The summed E-state index contributed by atoms with van der Waals surface area (Å²) >= 11 is 0. The molecule has 5 heteroatoms. The largest absolute Gasteiger partial charge is 0.481 e. The average molecular weight is 268 g/mol. The van der Waals surface area contributed by atoms with Crippen LogP contribution in [0.25, 0.3) is 22.2 Å². The predicted molar refractivity (Wildman–Crippen MR) is 77.8 cm³/mol. The predicted octanol–water partition coefficient (Wildman–Crippen LogP) is 3.15. The topological polar surface area (TPSA) is 63.7 Å². The molecule has 0 aliphatic carbocycles. The normalized spacial score (nSPS) is 11.2. The number of H-pyrrole nitrogens is 1. The van der Waals surface area contributed by atoms with Gasteiger partial charge < -0.3 is 4.74 Å². The summed E-state index contributed by atoms with van der Waals surface area (Å²) in [6.07, 6.45) is 3.59. The minimum Gasteiger partial charge on any atom is -0.481 e. The fourth-order valence-corrected chi connectivity index (χ4v) is 2.29. The SMILES string of the molecule is COc1ccc(-c2ccnc3[nH]nc(C(C)C)c23)cn1. The number of nitrogens with one attached hydrogen (secondary N) is 1. The van der Waals surface area contributed by atoms with Crippen molar-refractivity contribution >= 4 is 11.0 Å². The first kappa shape index (κ1) is 12.6. The zero-order valence-corrected chi connectivity index (χ0v) is 11.7. The summed E-state index contributed by atoms with van der Waals surface area (Å²) in [7, 11) is 1.61. The van der Waals surface area contributed by atoms with Crippen LogP contribution in [0.1, 0.15) is 25.5 Å². The molecule has 3 aromatic heterocycles. The molecule has 0 spiro atoms. The second kappa shape index (κ2) is 4.92. The number of methoxy groups -OCH3 is 1. The van der Waals surface area contributed by atoms with Crippen molar-refractivity contribution in [2.45, 2.75) is 19.8 Å². The maximum Gasteiger partial charge on any atom is 0.212 e. The van der Waals surface area contributed by atoms with Gasteiger partial charge in [-0.05, 0) is 23.6 Å². The van der Waals surface area contributed by atoms with Gasteiger partial charge in [-0.3, -0.25) is 5.10 Å². The smallest absolute Gasteiger partial charge is 0.212 e. The average Bonchev–Trinajstić information content (AvgIpc) is 2.91. The Kier molecular flexibility index (Phi) is 3.10. The molecular formula is C15H16N4O. The standard InChI is InChI=1S/C15H16N4O/c1-9(2)14-13-11(6-7-16-15(13)19-18-14)10-4-5-12(20-3)17-8-10/h4-9H,1-3H3,(H,16,18,19). The van der Waals surface area contributed by atoms with Crippen LogP contribution in [0.15, 0.2) is 30.6 Å². The van der Waals surface area contributed by atoms with Gasteiger partial charge in [0.1, 0.15) is 0 Å². The molecule has 0 fully saturated rings. The first-order chi connectivity index (χ1) is 9.70. The van der Waals surface area contributed by atoms with E-state index in [4.69, 9.17) is 4.74 Å². The minimum absolute atomic E-state index is 0.331. The molecule has 102 valence electrons. The van der Waals surface area contributed by atoms with Gasteiger partial charge in [0, 0.05) is 24.0 Å². The van der Waals surface area contributed by atoms with E-state index < -0.39 is 0 Å². The first-order valence-corrected chi connectivity index (χ1v) is 6.54.